The first-order chi connectivity index (χ1) is 8.84. The van der Waals surface area contributed by atoms with Gasteiger partial charge >= 0.3 is 0 Å². The van der Waals surface area contributed by atoms with E-state index < -0.39 is 6.61 Å². The molecule has 0 radical (unpaired) electrons. The molecule has 0 aromatic carbocycles. The average molecular weight is 279 g/mol. The van der Waals surface area contributed by atoms with Crippen LogP contribution in [0.3, 0.4) is 0 Å². The normalized spacial score (nSPS) is 11.8. The first-order valence-corrected chi connectivity index (χ1v) is 6.85. The van der Waals surface area contributed by atoms with Crippen LogP contribution in [0.5, 0.6) is 0 Å². The summed E-state index contributed by atoms with van der Waals surface area (Å²) in [5.74, 6) is -0.345. The van der Waals surface area contributed by atoms with Gasteiger partial charge in [-0.3, -0.25) is 9.48 Å². The SMILES string of the molecule is Cn1ncc(-c2nc(C(C)(C)C)cs2)c1C(=O)CO. The summed E-state index contributed by atoms with van der Waals surface area (Å²) in [4.78, 5) is 16.3. The van der Waals surface area contributed by atoms with E-state index in [1.807, 2.05) is 5.38 Å². The zero-order valence-electron chi connectivity index (χ0n) is 11.5. The van der Waals surface area contributed by atoms with Crippen molar-refractivity contribution in [2.45, 2.75) is 26.2 Å². The maximum atomic E-state index is 11.8. The van der Waals surface area contributed by atoms with E-state index >= 15 is 0 Å². The predicted octanol–water partition coefficient (Wildman–Crippen LogP) is 2.02. The van der Waals surface area contributed by atoms with Gasteiger partial charge in [0.05, 0.1) is 17.5 Å². The molecule has 2 aromatic heterocycles. The first-order valence-electron chi connectivity index (χ1n) is 5.97. The summed E-state index contributed by atoms with van der Waals surface area (Å²) in [5, 5.41) is 15.9. The van der Waals surface area contributed by atoms with E-state index in [0.29, 0.717) is 11.3 Å². The highest BCUT2D eigenvalue weighted by molar-refractivity contribution is 7.13. The number of carbonyl (C=O) groups is 1. The Bertz CT molecular complexity index is 608. The summed E-state index contributed by atoms with van der Waals surface area (Å²) in [7, 11) is 1.69. The number of ketones is 1. The molecule has 1 N–H and O–H groups in total. The minimum atomic E-state index is -0.524. The van der Waals surface area contributed by atoms with Crippen molar-refractivity contribution in [1.82, 2.24) is 14.8 Å². The molecule has 2 aromatic rings. The molecular formula is C13H17N3O2S. The summed E-state index contributed by atoms with van der Waals surface area (Å²) in [6, 6.07) is 0. The highest BCUT2D eigenvalue weighted by atomic mass is 32.1. The van der Waals surface area contributed by atoms with E-state index in [4.69, 9.17) is 5.11 Å². The molecule has 0 saturated carbocycles. The second-order valence-corrected chi connectivity index (χ2v) is 6.26. The maximum Gasteiger partial charge on any atom is 0.206 e. The van der Waals surface area contributed by atoms with Crippen LogP contribution in [-0.2, 0) is 12.5 Å². The molecule has 0 bridgehead atoms. The lowest BCUT2D eigenvalue weighted by molar-refractivity contribution is 0.0895. The minimum Gasteiger partial charge on any atom is -0.388 e. The van der Waals surface area contributed by atoms with E-state index in [2.05, 4.69) is 30.9 Å². The van der Waals surface area contributed by atoms with Gasteiger partial charge in [-0.25, -0.2) is 4.98 Å². The van der Waals surface area contributed by atoms with E-state index in [-0.39, 0.29) is 11.2 Å². The monoisotopic (exact) mass is 279 g/mol. The molecular weight excluding hydrogens is 262 g/mol. The van der Waals surface area contributed by atoms with E-state index in [1.165, 1.54) is 16.0 Å². The molecule has 0 aliphatic heterocycles. The zero-order valence-corrected chi connectivity index (χ0v) is 12.3. The fourth-order valence-corrected chi connectivity index (χ4v) is 2.80. The van der Waals surface area contributed by atoms with Crippen LogP contribution in [0, 0.1) is 0 Å². The quantitative estimate of drug-likeness (QED) is 0.873. The molecule has 2 heterocycles. The van der Waals surface area contributed by atoms with Crippen LogP contribution in [0.2, 0.25) is 0 Å². The second-order valence-electron chi connectivity index (χ2n) is 5.40. The summed E-state index contributed by atoms with van der Waals surface area (Å²) in [5.41, 5.74) is 2.04. The third kappa shape index (κ3) is 2.59. The maximum absolute atomic E-state index is 11.8. The third-order valence-corrected chi connectivity index (χ3v) is 3.73. The van der Waals surface area contributed by atoms with Gasteiger partial charge in [-0.2, -0.15) is 5.10 Å². The van der Waals surface area contributed by atoms with Crippen molar-refractivity contribution in [3.8, 4) is 10.6 Å². The second kappa shape index (κ2) is 4.86. The largest absolute Gasteiger partial charge is 0.388 e. The van der Waals surface area contributed by atoms with Crippen LogP contribution >= 0.6 is 11.3 Å². The molecule has 0 amide bonds. The zero-order chi connectivity index (χ0) is 14.2. The average Bonchev–Trinajstić information content (AvgIpc) is 2.93. The van der Waals surface area contributed by atoms with Gasteiger partial charge in [-0.1, -0.05) is 20.8 Å². The van der Waals surface area contributed by atoms with Crippen molar-refractivity contribution in [1.29, 1.82) is 0 Å². The number of rotatable bonds is 3. The predicted molar refractivity (Wildman–Crippen MR) is 74.4 cm³/mol. The highest BCUT2D eigenvalue weighted by Crippen LogP contribution is 2.31. The molecule has 2 rings (SSSR count). The Balaban J connectivity index is 2.48. The van der Waals surface area contributed by atoms with Gasteiger partial charge in [0.25, 0.3) is 0 Å². The van der Waals surface area contributed by atoms with Crippen LogP contribution in [-0.4, -0.2) is 32.3 Å². The molecule has 0 atom stereocenters. The number of aromatic nitrogens is 3. The standard InChI is InChI=1S/C13H17N3O2S/c1-13(2,3)10-7-19-12(15-10)8-5-14-16(4)11(8)9(18)6-17/h5,7,17H,6H2,1-4H3. The van der Waals surface area contributed by atoms with E-state index in [0.717, 1.165) is 10.7 Å². The summed E-state index contributed by atoms with van der Waals surface area (Å²) in [6.45, 7) is 5.75. The van der Waals surface area contributed by atoms with Gasteiger partial charge < -0.3 is 5.11 Å². The molecule has 19 heavy (non-hydrogen) atoms. The molecule has 6 heteroatoms. The van der Waals surface area contributed by atoms with Crippen molar-refractivity contribution >= 4 is 17.1 Å². The highest BCUT2D eigenvalue weighted by Gasteiger charge is 2.22. The number of hydrogen-bond donors (Lipinski definition) is 1. The topological polar surface area (TPSA) is 68.0 Å². The van der Waals surface area contributed by atoms with E-state index in [1.54, 1.807) is 13.2 Å². The van der Waals surface area contributed by atoms with Gasteiger partial charge in [-0.15, -0.1) is 11.3 Å². The molecule has 102 valence electrons. The molecule has 0 spiro atoms. The number of aryl methyl sites for hydroxylation is 1. The van der Waals surface area contributed by atoms with E-state index in [9.17, 15) is 4.79 Å². The number of aliphatic hydroxyl groups is 1. The first kappa shape index (κ1) is 13.9. The number of nitrogens with zero attached hydrogens (tertiary/aromatic N) is 3. The number of Topliss-reactive ketones (excluding diaryl/α,β-unsaturated/α-hetero) is 1. The minimum absolute atomic E-state index is 0.0297. The lowest BCUT2D eigenvalue weighted by Crippen LogP contribution is -2.12. The van der Waals surface area contributed by atoms with Gasteiger partial charge in [0.15, 0.2) is 0 Å². The Hall–Kier alpha value is -1.53. The Morgan fingerprint density at radius 1 is 1.47 bits per heavy atom. The fourth-order valence-electron chi connectivity index (χ4n) is 1.74. The van der Waals surface area contributed by atoms with Crippen LogP contribution < -0.4 is 0 Å². The number of carbonyl (C=O) groups excluding carboxylic acids is 1. The van der Waals surface area contributed by atoms with Gasteiger partial charge in [0, 0.05) is 17.8 Å². The van der Waals surface area contributed by atoms with Crippen LogP contribution in [0.25, 0.3) is 10.6 Å². The van der Waals surface area contributed by atoms with Crippen LogP contribution in [0.4, 0.5) is 0 Å². The molecule has 0 saturated heterocycles. The Morgan fingerprint density at radius 3 is 2.68 bits per heavy atom. The summed E-state index contributed by atoms with van der Waals surface area (Å²) >= 11 is 1.49. The lowest BCUT2D eigenvalue weighted by Gasteiger charge is -2.14. The smallest absolute Gasteiger partial charge is 0.206 e. The number of hydrogen-bond acceptors (Lipinski definition) is 5. The van der Waals surface area contributed by atoms with Crippen molar-refractivity contribution in [3.63, 3.8) is 0 Å². The van der Waals surface area contributed by atoms with Crippen LogP contribution in [0.1, 0.15) is 37.0 Å². The van der Waals surface area contributed by atoms with Gasteiger partial charge in [-0.05, 0) is 0 Å². The third-order valence-electron chi connectivity index (χ3n) is 2.85. The Labute approximate surface area is 115 Å². The number of aliphatic hydroxyl groups excluding tert-OH is 1. The van der Waals surface area contributed by atoms with Gasteiger partial charge in [0.1, 0.15) is 17.3 Å². The molecule has 0 fully saturated rings. The van der Waals surface area contributed by atoms with Crippen molar-refractivity contribution < 1.29 is 9.90 Å². The van der Waals surface area contributed by atoms with Crippen LogP contribution in [0.15, 0.2) is 11.6 Å². The van der Waals surface area contributed by atoms with Crippen molar-refractivity contribution in [2.75, 3.05) is 6.61 Å². The molecule has 0 aliphatic rings. The Kier molecular flexibility index (Phi) is 3.56. The Morgan fingerprint density at radius 2 is 2.16 bits per heavy atom. The summed E-state index contributed by atoms with van der Waals surface area (Å²) < 4.78 is 1.48. The molecule has 0 unspecified atom stereocenters. The van der Waals surface area contributed by atoms with Gasteiger partial charge in [0.2, 0.25) is 5.78 Å². The summed E-state index contributed by atoms with van der Waals surface area (Å²) in [6.07, 6.45) is 1.62. The number of thiazole rings is 1. The lowest BCUT2D eigenvalue weighted by atomic mass is 9.93. The fraction of sp³-hybridized carbons (Fsp3) is 0.462. The van der Waals surface area contributed by atoms with Crippen molar-refractivity contribution in [3.05, 3.63) is 23.0 Å². The molecule has 0 aliphatic carbocycles. The van der Waals surface area contributed by atoms with Crippen molar-refractivity contribution in [2.24, 2.45) is 7.05 Å². The molecule has 5 nitrogen and oxygen atoms in total.